The molecule has 8 aromatic rings. The first kappa shape index (κ1) is 105. The Morgan fingerprint density at radius 2 is 0.323 bits per heavy atom. The van der Waals surface area contributed by atoms with Crippen molar-refractivity contribution in [2.45, 2.75) is 182 Å². The van der Waals surface area contributed by atoms with Gasteiger partial charge in [0, 0.05) is 52.4 Å². The molecule has 124 heavy (non-hydrogen) atoms. The van der Waals surface area contributed by atoms with Crippen molar-refractivity contribution in [2.24, 2.45) is 47.3 Å². The molecule has 0 spiro atoms. The van der Waals surface area contributed by atoms with Crippen molar-refractivity contribution in [3.63, 3.8) is 0 Å². The molecule has 8 rings (SSSR count). The maximum atomic E-state index is 13.9. The highest BCUT2D eigenvalue weighted by molar-refractivity contribution is 7.90. The van der Waals surface area contributed by atoms with E-state index in [0.29, 0.717) is 78.0 Å². The van der Waals surface area contributed by atoms with E-state index in [-0.39, 0.29) is 47.3 Å². The number of rotatable bonds is 48. The monoisotopic (exact) mass is 1780 g/mol. The van der Waals surface area contributed by atoms with Crippen LogP contribution in [0.25, 0.3) is 0 Å². The minimum absolute atomic E-state index is 0.0193. The summed E-state index contributed by atoms with van der Waals surface area (Å²) < 4.78 is 159. The lowest BCUT2D eigenvalue weighted by atomic mass is 9.95. The van der Waals surface area contributed by atoms with Crippen LogP contribution in [0.2, 0.25) is 0 Å². The van der Waals surface area contributed by atoms with Crippen LogP contribution in [0.5, 0.6) is 46.0 Å². The van der Waals surface area contributed by atoms with Gasteiger partial charge in [0.1, 0.15) is 46.0 Å². The minimum Gasteiger partial charge on any atom is -0.497 e. The Hall–Kier alpha value is -9.24. The van der Waals surface area contributed by atoms with E-state index in [1.165, 1.54) is 0 Å². The second-order valence-corrected chi connectivity index (χ2v) is 41.2. The van der Waals surface area contributed by atoms with E-state index >= 15 is 0 Å². The summed E-state index contributed by atoms with van der Waals surface area (Å²) in [6, 6.07) is 60.2. The van der Waals surface area contributed by atoms with Gasteiger partial charge in [0.05, 0.1) is 77.9 Å². The summed E-state index contributed by atoms with van der Waals surface area (Å²) in [5, 5.41) is -1.99. The van der Waals surface area contributed by atoms with Crippen LogP contribution in [-0.2, 0) is 92.5 Å². The summed E-state index contributed by atoms with van der Waals surface area (Å²) >= 11 is 0. The molecular formula is C100H140N4O16S4. The maximum Gasteiger partial charge on any atom is 0.218 e. The average molecular weight is 1780 g/mol. The molecular weight excluding hydrogens is 1640 g/mol. The van der Waals surface area contributed by atoms with Crippen molar-refractivity contribution in [1.82, 2.24) is 17.2 Å². The topological polar surface area (TPSA) is 223 Å². The Morgan fingerprint density at radius 1 is 0.218 bits per heavy atom. The second-order valence-electron chi connectivity index (χ2n) is 32.9. The average Bonchev–Trinajstić information content (AvgIpc) is 0.805. The fourth-order valence-corrected chi connectivity index (χ4v) is 25.4. The Morgan fingerprint density at radius 3 is 0.403 bits per heavy atom. The van der Waals surface area contributed by atoms with Crippen molar-refractivity contribution in [1.29, 1.82) is 0 Å². The number of nitrogens with zero attached hydrogens (tertiary/aromatic N) is 4. The molecule has 0 saturated heterocycles. The van der Waals surface area contributed by atoms with Gasteiger partial charge in [0.25, 0.3) is 0 Å². The van der Waals surface area contributed by atoms with Gasteiger partial charge in [-0.15, -0.1) is 26.3 Å². The number of ether oxygens (including phenoxy) is 8. The van der Waals surface area contributed by atoms with Crippen LogP contribution in [-0.4, -0.2) is 129 Å². The molecule has 0 fully saturated rings. The first-order chi connectivity index (χ1) is 58.9. The molecule has 0 aliphatic carbocycles. The highest BCUT2D eigenvalue weighted by Gasteiger charge is 2.42. The summed E-state index contributed by atoms with van der Waals surface area (Å²) in [5.41, 5.74) is 7.31. The number of hydrogen-bond acceptors (Lipinski definition) is 16. The molecule has 0 bridgehead atoms. The molecule has 0 unspecified atom stereocenters. The highest BCUT2D eigenvalue weighted by Crippen LogP contribution is 2.36. The summed E-state index contributed by atoms with van der Waals surface area (Å²) in [6.07, 6.45) is 9.81. The van der Waals surface area contributed by atoms with Crippen LogP contribution in [0.15, 0.2) is 245 Å². The fourth-order valence-electron chi connectivity index (χ4n) is 15.9. The first-order valence-corrected chi connectivity index (χ1v) is 48.3. The van der Waals surface area contributed by atoms with Crippen molar-refractivity contribution in [3.8, 4) is 46.0 Å². The normalized spacial score (nSPS) is 13.8. The van der Waals surface area contributed by atoms with E-state index in [9.17, 15) is 33.7 Å². The van der Waals surface area contributed by atoms with E-state index in [1.807, 2.05) is 277 Å². The zero-order chi connectivity index (χ0) is 92.1. The van der Waals surface area contributed by atoms with Crippen molar-refractivity contribution in [3.05, 3.63) is 289 Å². The highest BCUT2D eigenvalue weighted by atomic mass is 32.2. The molecule has 0 heterocycles. The van der Waals surface area contributed by atoms with E-state index in [2.05, 4.69) is 26.3 Å². The first-order valence-electron chi connectivity index (χ1n) is 42.3. The molecule has 24 heteroatoms. The maximum absolute atomic E-state index is 13.9. The summed E-state index contributed by atoms with van der Waals surface area (Å²) in [7, 11) is -1.44. The van der Waals surface area contributed by atoms with Gasteiger partial charge in [-0.25, -0.2) is 33.7 Å². The Labute approximate surface area is 745 Å². The lowest BCUT2D eigenvalue weighted by molar-refractivity contribution is 0.355. The van der Waals surface area contributed by atoms with Crippen molar-refractivity contribution >= 4 is 40.1 Å². The van der Waals surface area contributed by atoms with Gasteiger partial charge in [-0.3, -0.25) is 0 Å². The van der Waals surface area contributed by atoms with Crippen LogP contribution in [0.4, 0.5) is 0 Å². The third-order valence-corrected chi connectivity index (χ3v) is 32.7. The predicted molar refractivity (Wildman–Crippen MR) is 507 cm³/mol. The van der Waals surface area contributed by atoms with E-state index in [4.69, 9.17) is 37.9 Å². The lowest BCUT2D eigenvalue weighted by Gasteiger charge is -2.33. The largest absolute Gasteiger partial charge is 0.497 e. The molecule has 0 radical (unpaired) electrons. The minimum atomic E-state index is -3.59. The summed E-state index contributed by atoms with van der Waals surface area (Å²) in [6.45, 7) is 41.3. The van der Waals surface area contributed by atoms with Gasteiger partial charge in [0.2, 0.25) is 40.1 Å². The third-order valence-electron chi connectivity index (χ3n) is 22.0. The van der Waals surface area contributed by atoms with Gasteiger partial charge in [-0.05, 0) is 215 Å². The van der Waals surface area contributed by atoms with Crippen LogP contribution in [0, 0.1) is 47.3 Å². The molecule has 0 aliphatic heterocycles. The third kappa shape index (κ3) is 31.7. The van der Waals surface area contributed by atoms with Crippen molar-refractivity contribution < 1.29 is 71.6 Å². The molecule has 0 amide bonds. The lowest BCUT2D eigenvalue weighted by Crippen LogP contribution is -2.43. The molecule has 0 aliphatic rings. The van der Waals surface area contributed by atoms with Crippen LogP contribution in [0.1, 0.15) is 153 Å². The Balaban J connectivity index is 0.000000294. The zero-order valence-corrected chi connectivity index (χ0v) is 80.2. The summed E-state index contributed by atoms with van der Waals surface area (Å²) in [5.74, 6) is 5.75. The van der Waals surface area contributed by atoms with Crippen molar-refractivity contribution in [2.75, 3.05) is 56.9 Å². The summed E-state index contributed by atoms with van der Waals surface area (Å²) in [4.78, 5) is 0. The number of allylic oxidation sites excluding steroid dienone is 4. The van der Waals surface area contributed by atoms with E-state index in [0.717, 1.165) is 90.5 Å². The quantitative estimate of drug-likeness (QED) is 0.0323. The molecule has 8 atom stereocenters. The van der Waals surface area contributed by atoms with Gasteiger partial charge in [-0.2, -0.15) is 17.2 Å². The molecule has 0 N–H and O–H groups in total. The Kier molecular flexibility index (Phi) is 44.2. The zero-order valence-electron chi connectivity index (χ0n) is 77.0. The fraction of sp³-hybridized carbons (Fsp3) is 0.440. The second kappa shape index (κ2) is 52.0. The molecule has 0 aromatic heterocycles. The van der Waals surface area contributed by atoms with Crippen LogP contribution in [0.3, 0.4) is 0 Å². The molecule has 8 aromatic carbocycles. The number of methoxy groups -OCH3 is 8. The SMILES string of the molecule is C=CC[C@@H](C)[C@@H](C(C)C)S(=O)(=O)N(Cc1ccc(OC)cc1)Cc1ccc(OC)cc1.C=CC[C@@H](C)[C@H](C(C)C)S(=O)(=O)N(Cc1ccc(OC)cc1)Cc1ccc(OC)cc1.C=CC[C@H](C)[C@@H](C(C)C)S(=O)(=O)N(Cc1ccc(OC)cc1)Cc1ccc(OC)cc1.C=CC[C@H](C)[C@H](C(C)C)S(=O)(=O)N(Cc1ccc(OC)cc1)Cc1ccc(OC)cc1. The molecule has 0 saturated carbocycles. The van der Waals surface area contributed by atoms with Gasteiger partial charge in [0.15, 0.2) is 0 Å². The number of sulfonamides is 4. The molecule has 20 nitrogen and oxygen atoms in total. The number of benzene rings is 8. The Bertz CT molecular complexity index is 4110. The standard InChI is InChI=1S/4C25H35NO4S/c4*1-7-8-20(4)25(19(2)3)31(27,28)26(17-21-9-13-23(29-5)14-10-21)18-22-11-15-24(30-6)16-12-22/h4*7,9-16,19-20,25H,1,8,17-18H2,2-6H3/t2*20-,25+;2*20-,25-/m1010/s1. The molecule has 680 valence electrons. The number of hydrogen-bond donors (Lipinski definition) is 0. The van der Waals surface area contributed by atoms with Gasteiger partial charge < -0.3 is 37.9 Å². The van der Waals surface area contributed by atoms with E-state index < -0.39 is 61.1 Å². The van der Waals surface area contributed by atoms with Gasteiger partial charge in [-0.1, -0.05) is 204 Å². The smallest absolute Gasteiger partial charge is 0.218 e. The van der Waals surface area contributed by atoms with Gasteiger partial charge >= 0.3 is 0 Å². The van der Waals surface area contributed by atoms with Crippen LogP contribution >= 0.6 is 0 Å². The van der Waals surface area contributed by atoms with Crippen LogP contribution < -0.4 is 37.9 Å². The predicted octanol–water partition coefficient (Wildman–Crippen LogP) is 21.1. The van der Waals surface area contributed by atoms with E-state index in [1.54, 1.807) is 98.4 Å².